The lowest BCUT2D eigenvalue weighted by molar-refractivity contribution is 0.479. The Morgan fingerprint density at radius 2 is 1.73 bits per heavy atom. The summed E-state index contributed by atoms with van der Waals surface area (Å²) in [6.07, 6.45) is 0. The van der Waals surface area contributed by atoms with Gasteiger partial charge in [-0.15, -0.1) is 0 Å². The summed E-state index contributed by atoms with van der Waals surface area (Å²) in [5.41, 5.74) is 1.19. The first-order valence-corrected chi connectivity index (χ1v) is 5.87. The molecule has 2 heteroatoms. The van der Waals surface area contributed by atoms with Crippen LogP contribution in [0.1, 0.15) is 5.56 Å². The molecule has 0 spiro atoms. The smallest absolute Gasteiger partial charge is 0.123 e. The van der Waals surface area contributed by atoms with E-state index >= 15 is 0 Å². The van der Waals surface area contributed by atoms with E-state index in [4.69, 9.17) is 0 Å². The van der Waals surface area contributed by atoms with E-state index in [1.54, 1.807) is 6.07 Å². The molecule has 0 aliphatic heterocycles. The van der Waals surface area contributed by atoms with E-state index < -0.39 is 0 Å². The van der Waals surface area contributed by atoms with Crippen molar-refractivity contribution < 1.29 is 5.11 Å². The number of aryl methyl sites for hydroxylation is 1. The maximum atomic E-state index is 9.70. The average Bonchev–Trinajstić information content (AvgIpc) is 2.25. The summed E-state index contributed by atoms with van der Waals surface area (Å²) in [4.78, 5) is 0. The Kier molecular flexibility index (Phi) is 3.03. The van der Waals surface area contributed by atoms with Crippen molar-refractivity contribution in [3.63, 3.8) is 0 Å². The molecule has 0 bridgehead atoms. The number of hydrogen-bond acceptors (Lipinski definition) is 1. The Morgan fingerprint density at radius 3 is 2.47 bits per heavy atom. The minimum absolute atomic E-state index is 0.391. The Hall–Kier alpha value is -1.33. The number of phenolic OH excluding ortho intramolecular Hbond substituents is 1. The van der Waals surface area contributed by atoms with Gasteiger partial charge < -0.3 is 5.11 Å². The van der Waals surface area contributed by atoms with Gasteiger partial charge in [-0.05, 0) is 24.4 Å². The molecule has 0 heterocycles. The van der Waals surface area contributed by atoms with Crippen molar-refractivity contribution in [2.45, 2.75) is 6.92 Å². The summed E-state index contributed by atoms with van der Waals surface area (Å²) < 4.78 is 0. The zero-order chi connectivity index (χ0) is 10.7. The number of hydrogen-bond donors (Lipinski definition) is 1. The van der Waals surface area contributed by atoms with Crippen LogP contribution in [0.3, 0.4) is 0 Å². The van der Waals surface area contributed by atoms with Crippen LogP contribution in [0.4, 0.5) is 0 Å². The van der Waals surface area contributed by atoms with Crippen molar-refractivity contribution in [3.8, 4) is 5.75 Å². The van der Waals surface area contributed by atoms with Crippen molar-refractivity contribution in [2.75, 3.05) is 0 Å². The summed E-state index contributed by atoms with van der Waals surface area (Å²) in [6, 6.07) is 15.9. The molecule has 0 amide bonds. The van der Waals surface area contributed by atoms with Gasteiger partial charge in [-0.1, -0.05) is 50.5 Å². The van der Waals surface area contributed by atoms with E-state index in [9.17, 15) is 5.11 Å². The zero-order valence-corrected chi connectivity index (χ0v) is 9.57. The largest absolute Gasteiger partial charge is 0.507 e. The average molecular weight is 216 g/mol. The molecule has 0 radical (unpaired) electrons. The van der Waals surface area contributed by atoms with Crippen molar-refractivity contribution in [1.29, 1.82) is 0 Å². The van der Waals surface area contributed by atoms with Gasteiger partial charge in [-0.25, -0.2) is 0 Å². The SMILES string of the molecule is Cc1ccc(O)c(Pc2ccccc2)c1. The van der Waals surface area contributed by atoms with Gasteiger partial charge in [0.05, 0.1) is 0 Å². The summed E-state index contributed by atoms with van der Waals surface area (Å²) in [7, 11) is 0.522. The second-order valence-electron chi connectivity index (χ2n) is 3.51. The molecular formula is C13H13OP. The topological polar surface area (TPSA) is 20.2 Å². The predicted octanol–water partition coefficient (Wildman–Crippen LogP) is 2.33. The molecule has 0 saturated carbocycles. The molecule has 1 nitrogen and oxygen atoms in total. The third-order valence-electron chi connectivity index (χ3n) is 2.20. The van der Waals surface area contributed by atoms with Crippen LogP contribution in [0, 0.1) is 6.92 Å². The monoisotopic (exact) mass is 216 g/mol. The minimum Gasteiger partial charge on any atom is -0.507 e. The summed E-state index contributed by atoms with van der Waals surface area (Å²) in [5.74, 6) is 0.391. The van der Waals surface area contributed by atoms with Crippen molar-refractivity contribution >= 4 is 19.2 Å². The molecule has 0 aromatic heterocycles. The molecule has 1 unspecified atom stereocenters. The van der Waals surface area contributed by atoms with Gasteiger partial charge in [0.15, 0.2) is 0 Å². The lowest BCUT2D eigenvalue weighted by atomic mass is 10.2. The molecule has 0 fully saturated rings. The van der Waals surface area contributed by atoms with Gasteiger partial charge in [0.25, 0.3) is 0 Å². The Morgan fingerprint density at radius 1 is 1.00 bits per heavy atom. The molecule has 0 aliphatic carbocycles. The standard InChI is InChI=1S/C13H13OP/c1-10-7-8-12(14)13(9-10)15-11-5-3-2-4-6-11/h2-9,14-15H,1H3. The van der Waals surface area contributed by atoms with Crippen molar-refractivity contribution in [2.24, 2.45) is 0 Å². The minimum atomic E-state index is 0.391. The van der Waals surface area contributed by atoms with Crippen LogP contribution in [-0.2, 0) is 0 Å². The number of benzene rings is 2. The normalized spacial score (nSPS) is 11.0. The van der Waals surface area contributed by atoms with Gasteiger partial charge in [0, 0.05) is 5.30 Å². The highest BCUT2D eigenvalue weighted by Crippen LogP contribution is 2.18. The first-order chi connectivity index (χ1) is 7.25. The van der Waals surface area contributed by atoms with E-state index in [-0.39, 0.29) is 0 Å². The van der Waals surface area contributed by atoms with Gasteiger partial charge in [0.2, 0.25) is 0 Å². The summed E-state index contributed by atoms with van der Waals surface area (Å²) >= 11 is 0. The predicted molar refractivity (Wildman–Crippen MR) is 66.9 cm³/mol. The van der Waals surface area contributed by atoms with Crippen LogP contribution < -0.4 is 10.6 Å². The van der Waals surface area contributed by atoms with E-state index in [2.05, 4.69) is 12.1 Å². The first-order valence-electron chi connectivity index (χ1n) is 4.87. The second-order valence-corrected chi connectivity index (χ2v) is 4.88. The van der Waals surface area contributed by atoms with Crippen LogP contribution >= 0.6 is 8.58 Å². The maximum absolute atomic E-state index is 9.70. The quantitative estimate of drug-likeness (QED) is 0.764. The van der Waals surface area contributed by atoms with E-state index in [0.29, 0.717) is 14.3 Å². The molecule has 15 heavy (non-hydrogen) atoms. The van der Waals surface area contributed by atoms with Gasteiger partial charge >= 0.3 is 0 Å². The molecular weight excluding hydrogens is 203 g/mol. The van der Waals surface area contributed by atoms with E-state index in [1.807, 2.05) is 37.3 Å². The molecule has 2 aromatic rings. The lowest BCUT2D eigenvalue weighted by Crippen LogP contribution is -2.03. The molecule has 0 aliphatic rings. The van der Waals surface area contributed by atoms with Crippen LogP contribution in [0.25, 0.3) is 0 Å². The van der Waals surface area contributed by atoms with Gasteiger partial charge in [-0.3, -0.25) is 0 Å². The molecule has 76 valence electrons. The Labute approximate surface area is 91.6 Å². The fourth-order valence-corrected chi connectivity index (χ4v) is 2.61. The maximum Gasteiger partial charge on any atom is 0.123 e. The van der Waals surface area contributed by atoms with Crippen LogP contribution in [0.2, 0.25) is 0 Å². The lowest BCUT2D eigenvalue weighted by Gasteiger charge is -2.05. The molecule has 2 aromatic carbocycles. The third-order valence-corrected chi connectivity index (χ3v) is 3.50. The van der Waals surface area contributed by atoms with Crippen molar-refractivity contribution in [1.82, 2.24) is 0 Å². The molecule has 1 N–H and O–H groups in total. The fraction of sp³-hybridized carbons (Fsp3) is 0.0769. The molecule has 2 rings (SSSR count). The van der Waals surface area contributed by atoms with Crippen LogP contribution in [0.5, 0.6) is 5.75 Å². The fourth-order valence-electron chi connectivity index (χ4n) is 1.43. The highest BCUT2D eigenvalue weighted by Gasteiger charge is 2.01. The van der Waals surface area contributed by atoms with Crippen LogP contribution in [-0.4, -0.2) is 5.11 Å². The zero-order valence-electron chi connectivity index (χ0n) is 8.57. The highest BCUT2D eigenvalue weighted by molar-refractivity contribution is 7.55. The molecule has 0 saturated heterocycles. The first kappa shape index (κ1) is 10.2. The van der Waals surface area contributed by atoms with Crippen molar-refractivity contribution in [3.05, 3.63) is 54.1 Å². The van der Waals surface area contributed by atoms with E-state index in [1.165, 1.54) is 10.9 Å². The Bertz CT molecular complexity index is 451. The van der Waals surface area contributed by atoms with Gasteiger partial charge in [-0.2, -0.15) is 0 Å². The van der Waals surface area contributed by atoms with Gasteiger partial charge in [0.1, 0.15) is 5.75 Å². The highest BCUT2D eigenvalue weighted by atomic mass is 31.1. The number of rotatable bonds is 2. The molecule has 1 atom stereocenters. The Balaban J connectivity index is 2.28. The second kappa shape index (κ2) is 4.46. The third kappa shape index (κ3) is 2.57. The van der Waals surface area contributed by atoms with Crippen LogP contribution in [0.15, 0.2) is 48.5 Å². The van der Waals surface area contributed by atoms with E-state index in [0.717, 1.165) is 5.30 Å². The summed E-state index contributed by atoms with van der Waals surface area (Å²) in [6.45, 7) is 2.04. The number of aromatic hydroxyl groups is 1. The summed E-state index contributed by atoms with van der Waals surface area (Å²) in [5, 5.41) is 12.0. The number of phenols is 1.